The standard InChI is InChI=1S/C13H10BrF2NS/c14-10-2-1-3-13(9(10)7-17)18-8-4-5-11(15)12(16)6-8/h1-6H,7,17H2. The van der Waals surface area contributed by atoms with Crippen molar-refractivity contribution < 1.29 is 8.78 Å². The van der Waals surface area contributed by atoms with Crippen molar-refractivity contribution in [2.24, 2.45) is 5.73 Å². The first-order valence-corrected chi connectivity index (χ1v) is 6.83. The molecule has 2 aromatic carbocycles. The highest BCUT2D eigenvalue weighted by molar-refractivity contribution is 9.10. The van der Waals surface area contributed by atoms with Gasteiger partial charge in [0.25, 0.3) is 0 Å². The van der Waals surface area contributed by atoms with Gasteiger partial charge in [-0.2, -0.15) is 0 Å². The van der Waals surface area contributed by atoms with Crippen molar-refractivity contribution in [1.29, 1.82) is 0 Å². The fourth-order valence-corrected chi connectivity index (χ4v) is 3.17. The Hall–Kier alpha value is -0.910. The second-order valence-electron chi connectivity index (χ2n) is 3.60. The Balaban J connectivity index is 2.34. The van der Waals surface area contributed by atoms with Crippen molar-refractivity contribution in [2.45, 2.75) is 16.3 Å². The van der Waals surface area contributed by atoms with Crippen LogP contribution in [0.25, 0.3) is 0 Å². The van der Waals surface area contributed by atoms with Crippen LogP contribution in [0.1, 0.15) is 5.56 Å². The minimum absolute atomic E-state index is 0.382. The molecule has 2 aromatic rings. The van der Waals surface area contributed by atoms with Crippen LogP contribution >= 0.6 is 27.7 Å². The Bertz CT molecular complexity index is 575. The summed E-state index contributed by atoms with van der Waals surface area (Å²) in [6.07, 6.45) is 0. The van der Waals surface area contributed by atoms with Crippen molar-refractivity contribution >= 4 is 27.7 Å². The molecule has 18 heavy (non-hydrogen) atoms. The molecule has 0 aliphatic heterocycles. The van der Waals surface area contributed by atoms with Gasteiger partial charge in [-0.15, -0.1) is 0 Å². The summed E-state index contributed by atoms with van der Waals surface area (Å²) in [6, 6.07) is 9.53. The maximum atomic E-state index is 13.1. The Kier molecular flexibility index (Phi) is 4.37. The number of hydrogen-bond acceptors (Lipinski definition) is 2. The van der Waals surface area contributed by atoms with E-state index in [0.29, 0.717) is 11.4 Å². The Morgan fingerprint density at radius 1 is 1.11 bits per heavy atom. The lowest BCUT2D eigenvalue weighted by Crippen LogP contribution is -1.99. The first-order valence-electron chi connectivity index (χ1n) is 5.22. The monoisotopic (exact) mass is 329 g/mol. The van der Waals surface area contributed by atoms with Gasteiger partial charge >= 0.3 is 0 Å². The highest BCUT2D eigenvalue weighted by atomic mass is 79.9. The van der Waals surface area contributed by atoms with Gasteiger partial charge in [0.15, 0.2) is 11.6 Å². The van der Waals surface area contributed by atoms with E-state index in [1.54, 1.807) is 6.07 Å². The third-order valence-corrected chi connectivity index (χ3v) is 4.23. The van der Waals surface area contributed by atoms with Gasteiger partial charge in [0.2, 0.25) is 0 Å². The first-order chi connectivity index (χ1) is 8.61. The average Bonchev–Trinajstić information content (AvgIpc) is 2.34. The van der Waals surface area contributed by atoms with E-state index in [0.717, 1.165) is 21.0 Å². The van der Waals surface area contributed by atoms with Gasteiger partial charge in [-0.05, 0) is 35.9 Å². The highest BCUT2D eigenvalue weighted by Gasteiger charge is 2.08. The highest BCUT2D eigenvalue weighted by Crippen LogP contribution is 2.34. The van der Waals surface area contributed by atoms with Crippen molar-refractivity contribution in [1.82, 2.24) is 0 Å². The van der Waals surface area contributed by atoms with E-state index in [1.165, 1.54) is 17.8 Å². The lowest BCUT2D eigenvalue weighted by atomic mass is 10.2. The third-order valence-electron chi connectivity index (χ3n) is 2.40. The zero-order valence-corrected chi connectivity index (χ0v) is 11.7. The minimum Gasteiger partial charge on any atom is -0.326 e. The van der Waals surface area contributed by atoms with Crippen LogP contribution in [0, 0.1) is 11.6 Å². The van der Waals surface area contributed by atoms with Gasteiger partial charge in [0.05, 0.1) is 0 Å². The number of benzene rings is 2. The van der Waals surface area contributed by atoms with E-state index in [2.05, 4.69) is 15.9 Å². The van der Waals surface area contributed by atoms with Crippen LogP contribution in [-0.4, -0.2) is 0 Å². The predicted molar refractivity (Wildman–Crippen MR) is 72.5 cm³/mol. The molecule has 0 amide bonds. The molecule has 2 rings (SSSR count). The molecule has 0 radical (unpaired) electrons. The predicted octanol–water partition coefficient (Wildman–Crippen LogP) is 4.34. The molecule has 94 valence electrons. The van der Waals surface area contributed by atoms with E-state index in [1.807, 2.05) is 18.2 Å². The van der Waals surface area contributed by atoms with E-state index in [9.17, 15) is 8.78 Å². The third kappa shape index (κ3) is 2.91. The summed E-state index contributed by atoms with van der Waals surface area (Å²) in [6.45, 7) is 0.382. The smallest absolute Gasteiger partial charge is 0.159 e. The molecular weight excluding hydrogens is 320 g/mol. The molecule has 0 aliphatic rings. The SMILES string of the molecule is NCc1c(Br)cccc1Sc1ccc(F)c(F)c1. The van der Waals surface area contributed by atoms with E-state index in [4.69, 9.17) is 5.73 Å². The summed E-state index contributed by atoms with van der Waals surface area (Å²) in [5, 5.41) is 0. The van der Waals surface area contributed by atoms with E-state index < -0.39 is 11.6 Å². The molecule has 0 aliphatic carbocycles. The Morgan fingerprint density at radius 3 is 2.56 bits per heavy atom. The summed E-state index contributed by atoms with van der Waals surface area (Å²) < 4.78 is 26.9. The molecule has 1 nitrogen and oxygen atoms in total. The topological polar surface area (TPSA) is 26.0 Å². The summed E-state index contributed by atoms with van der Waals surface area (Å²) in [4.78, 5) is 1.57. The Labute approximate surface area is 117 Å². The zero-order chi connectivity index (χ0) is 13.1. The van der Waals surface area contributed by atoms with Crippen molar-refractivity contribution in [3.8, 4) is 0 Å². The first kappa shape index (κ1) is 13.5. The fourth-order valence-electron chi connectivity index (χ4n) is 1.50. The number of hydrogen-bond donors (Lipinski definition) is 1. The molecule has 2 N–H and O–H groups in total. The molecule has 0 heterocycles. The second kappa shape index (κ2) is 5.82. The van der Waals surface area contributed by atoms with E-state index in [-0.39, 0.29) is 0 Å². The van der Waals surface area contributed by atoms with Crippen molar-refractivity contribution in [2.75, 3.05) is 0 Å². The van der Waals surface area contributed by atoms with Crippen LogP contribution in [-0.2, 0) is 6.54 Å². The summed E-state index contributed by atoms with van der Waals surface area (Å²) in [7, 11) is 0. The van der Waals surface area contributed by atoms with Crippen LogP contribution in [0.3, 0.4) is 0 Å². The van der Waals surface area contributed by atoms with E-state index >= 15 is 0 Å². The number of halogens is 3. The lowest BCUT2D eigenvalue weighted by molar-refractivity contribution is 0.506. The summed E-state index contributed by atoms with van der Waals surface area (Å²) in [5.41, 5.74) is 6.63. The largest absolute Gasteiger partial charge is 0.326 e. The van der Waals surface area contributed by atoms with Gasteiger partial charge in [0.1, 0.15) is 0 Å². The maximum absolute atomic E-state index is 13.1. The molecule has 0 bridgehead atoms. The van der Waals surface area contributed by atoms with Crippen LogP contribution in [0.15, 0.2) is 50.7 Å². The molecule has 0 saturated carbocycles. The molecule has 0 aromatic heterocycles. The van der Waals surface area contributed by atoms with Gasteiger partial charge < -0.3 is 5.73 Å². The fraction of sp³-hybridized carbons (Fsp3) is 0.0769. The number of rotatable bonds is 3. The van der Waals surface area contributed by atoms with Gasteiger partial charge in [-0.3, -0.25) is 0 Å². The van der Waals surface area contributed by atoms with Gasteiger partial charge in [0, 0.05) is 20.8 Å². The molecule has 0 spiro atoms. The molecule has 0 unspecified atom stereocenters. The van der Waals surface area contributed by atoms with Crippen molar-refractivity contribution in [3.63, 3.8) is 0 Å². The minimum atomic E-state index is -0.843. The lowest BCUT2D eigenvalue weighted by Gasteiger charge is -2.09. The molecule has 5 heteroatoms. The van der Waals surface area contributed by atoms with Crippen LogP contribution in [0.5, 0.6) is 0 Å². The molecule has 0 atom stereocenters. The van der Waals surface area contributed by atoms with Crippen LogP contribution in [0.4, 0.5) is 8.78 Å². The summed E-state index contributed by atoms with van der Waals surface area (Å²) in [5.74, 6) is -1.68. The van der Waals surface area contributed by atoms with Gasteiger partial charge in [-0.25, -0.2) is 8.78 Å². The maximum Gasteiger partial charge on any atom is 0.159 e. The van der Waals surface area contributed by atoms with Gasteiger partial charge in [-0.1, -0.05) is 33.8 Å². The van der Waals surface area contributed by atoms with Crippen LogP contribution < -0.4 is 5.73 Å². The number of nitrogens with two attached hydrogens (primary N) is 1. The molecular formula is C13H10BrF2NS. The van der Waals surface area contributed by atoms with Crippen LogP contribution in [0.2, 0.25) is 0 Å². The second-order valence-corrected chi connectivity index (χ2v) is 5.57. The zero-order valence-electron chi connectivity index (χ0n) is 9.29. The normalized spacial score (nSPS) is 10.7. The summed E-state index contributed by atoms with van der Waals surface area (Å²) >= 11 is 4.78. The quantitative estimate of drug-likeness (QED) is 0.906. The molecule has 0 fully saturated rings. The Morgan fingerprint density at radius 2 is 1.89 bits per heavy atom. The average molecular weight is 330 g/mol. The van der Waals surface area contributed by atoms with Crippen molar-refractivity contribution in [3.05, 3.63) is 58.1 Å². The molecule has 0 saturated heterocycles.